The van der Waals surface area contributed by atoms with Crippen molar-refractivity contribution in [2.24, 2.45) is 0 Å². The number of likely N-dealkylation sites (tertiary alicyclic amines) is 1. The van der Waals surface area contributed by atoms with Gasteiger partial charge < -0.3 is 24.8 Å². The van der Waals surface area contributed by atoms with Gasteiger partial charge in [0.1, 0.15) is 17.4 Å². The Morgan fingerprint density at radius 1 is 1.22 bits per heavy atom. The highest BCUT2D eigenvalue weighted by Gasteiger charge is 2.37. The van der Waals surface area contributed by atoms with E-state index in [1.807, 2.05) is 0 Å². The summed E-state index contributed by atoms with van der Waals surface area (Å²) in [6, 6.07) is 2.70. The quantitative estimate of drug-likeness (QED) is 0.412. The van der Waals surface area contributed by atoms with Gasteiger partial charge in [-0.3, -0.25) is 4.79 Å². The Labute approximate surface area is 206 Å². The maximum atomic E-state index is 14.8. The first kappa shape index (κ1) is 24.9. The highest BCUT2D eigenvalue weighted by molar-refractivity contribution is 5.87. The molecule has 3 heterocycles. The molecule has 0 unspecified atom stereocenters. The minimum atomic E-state index is -0.951. The van der Waals surface area contributed by atoms with Crippen LogP contribution >= 0.6 is 0 Å². The lowest BCUT2D eigenvalue weighted by atomic mass is 10.0. The van der Waals surface area contributed by atoms with E-state index in [4.69, 9.17) is 19.9 Å². The number of hydrogen-bond donors (Lipinski definition) is 1. The van der Waals surface area contributed by atoms with Gasteiger partial charge in [0.25, 0.3) is 0 Å². The number of hydrogen-bond acceptors (Lipinski definition) is 7. The van der Waals surface area contributed by atoms with Gasteiger partial charge in [0, 0.05) is 31.3 Å². The minimum absolute atomic E-state index is 0.128. The van der Waals surface area contributed by atoms with Crippen LogP contribution in [0.2, 0.25) is 0 Å². The van der Waals surface area contributed by atoms with E-state index >= 15 is 0 Å². The van der Waals surface area contributed by atoms with Crippen molar-refractivity contribution in [1.82, 2.24) is 19.5 Å². The first-order chi connectivity index (χ1) is 17.3. The molecule has 2 atom stereocenters. The molecular formula is C25H25F2N5O4. The molecule has 188 valence electrons. The van der Waals surface area contributed by atoms with Gasteiger partial charge in [0.15, 0.2) is 29.0 Å². The molecule has 2 aromatic heterocycles. The zero-order valence-corrected chi connectivity index (χ0v) is 20.0. The van der Waals surface area contributed by atoms with Gasteiger partial charge >= 0.3 is 0 Å². The molecule has 1 saturated heterocycles. The third-order valence-corrected chi connectivity index (χ3v) is 6.16. The van der Waals surface area contributed by atoms with E-state index < -0.39 is 17.2 Å². The molecule has 1 aliphatic rings. The Morgan fingerprint density at radius 2 is 1.92 bits per heavy atom. The lowest BCUT2D eigenvalue weighted by Crippen LogP contribution is -2.37. The summed E-state index contributed by atoms with van der Waals surface area (Å²) in [5.74, 6) is 2.87. The summed E-state index contributed by atoms with van der Waals surface area (Å²) < 4.78 is 46.5. The average molecular weight is 498 g/mol. The number of amides is 1. The van der Waals surface area contributed by atoms with E-state index in [-0.39, 0.29) is 35.2 Å². The Kier molecular flexibility index (Phi) is 7.07. The van der Waals surface area contributed by atoms with Crippen molar-refractivity contribution in [2.75, 3.05) is 40.2 Å². The van der Waals surface area contributed by atoms with Gasteiger partial charge in [-0.2, -0.15) is 5.10 Å². The van der Waals surface area contributed by atoms with Gasteiger partial charge in [0.05, 0.1) is 32.4 Å². The number of fused-ring (bicyclic) bond motifs is 1. The molecule has 0 aliphatic carbocycles. The molecule has 0 saturated carbocycles. The number of nitrogens with zero attached hydrogens (tertiary/aromatic N) is 4. The Balaban J connectivity index is 1.82. The van der Waals surface area contributed by atoms with E-state index in [9.17, 15) is 13.6 Å². The van der Waals surface area contributed by atoms with Crippen LogP contribution in [-0.2, 0) is 9.53 Å². The maximum Gasteiger partial charge on any atom is 0.246 e. The summed E-state index contributed by atoms with van der Waals surface area (Å²) in [7, 11) is 4.10. The molecule has 1 aliphatic heterocycles. The second kappa shape index (κ2) is 10.2. The van der Waals surface area contributed by atoms with Crippen molar-refractivity contribution >= 4 is 17.2 Å². The highest BCUT2D eigenvalue weighted by atomic mass is 19.1. The summed E-state index contributed by atoms with van der Waals surface area (Å²) in [5, 5.41) is 4.33. The van der Waals surface area contributed by atoms with Crippen molar-refractivity contribution < 1.29 is 27.8 Å². The van der Waals surface area contributed by atoms with Crippen LogP contribution in [0.25, 0.3) is 5.52 Å². The van der Waals surface area contributed by atoms with Gasteiger partial charge in [-0.25, -0.2) is 18.3 Å². The van der Waals surface area contributed by atoms with Gasteiger partial charge in [-0.1, -0.05) is 18.4 Å². The van der Waals surface area contributed by atoms with Crippen LogP contribution in [0.1, 0.15) is 29.2 Å². The third kappa shape index (κ3) is 4.31. The van der Waals surface area contributed by atoms with Crippen molar-refractivity contribution in [2.45, 2.75) is 18.4 Å². The molecule has 9 nitrogen and oxygen atoms in total. The largest absolute Gasteiger partial charge is 0.493 e. The van der Waals surface area contributed by atoms with Gasteiger partial charge in [-0.15, -0.1) is 0 Å². The SMILES string of the molecule is C=CC(=O)N1C[C@@H](c2cc(C#Cc3c(F)c(OC)cc(OC)c3F)c3c(N)ncnn23)C[C@@H]1COC. The van der Waals surface area contributed by atoms with Crippen LogP contribution in [-0.4, -0.2) is 65.9 Å². The number of aromatic nitrogens is 3. The van der Waals surface area contributed by atoms with E-state index in [0.717, 1.165) is 11.8 Å². The number of ether oxygens (including phenoxy) is 3. The van der Waals surface area contributed by atoms with E-state index in [1.54, 1.807) is 22.6 Å². The summed E-state index contributed by atoms with van der Waals surface area (Å²) >= 11 is 0. The van der Waals surface area contributed by atoms with Crippen molar-refractivity contribution in [3.05, 3.63) is 59.6 Å². The number of methoxy groups -OCH3 is 3. The van der Waals surface area contributed by atoms with E-state index in [2.05, 4.69) is 28.5 Å². The first-order valence-electron chi connectivity index (χ1n) is 11.0. The molecule has 3 aromatic rings. The number of halogens is 2. The molecule has 36 heavy (non-hydrogen) atoms. The minimum Gasteiger partial charge on any atom is -0.493 e. The average Bonchev–Trinajstić information content (AvgIpc) is 3.46. The molecule has 1 amide bonds. The summed E-state index contributed by atoms with van der Waals surface area (Å²) in [6.45, 7) is 4.34. The number of benzene rings is 1. The zero-order chi connectivity index (χ0) is 26.0. The Hall–Kier alpha value is -4.17. The number of carbonyl (C=O) groups excluding carboxylic acids is 1. The summed E-state index contributed by atoms with van der Waals surface area (Å²) in [5.41, 5.74) is 7.13. The smallest absolute Gasteiger partial charge is 0.246 e. The molecule has 1 fully saturated rings. The lowest BCUT2D eigenvalue weighted by Gasteiger charge is -2.22. The van der Waals surface area contributed by atoms with Gasteiger partial charge in [0.2, 0.25) is 5.91 Å². The normalized spacial score (nSPS) is 17.1. The predicted molar refractivity (Wildman–Crippen MR) is 128 cm³/mol. The molecule has 0 spiro atoms. The Bertz CT molecular complexity index is 1370. The topological polar surface area (TPSA) is 104 Å². The van der Waals surface area contributed by atoms with Crippen LogP contribution in [0.3, 0.4) is 0 Å². The zero-order valence-electron chi connectivity index (χ0n) is 20.0. The monoisotopic (exact) mass is 497 g/mol. The lowest BCUT2D eigenvalue weighted by molar-refractivity contribution is -0.127. The molecule has 4 rings (SSSR count). The number of anilines is 1. The predicted octanol–water partition coefficient (Wildman–Crippen LogP) is 2.52. The highest BCUT2D eigenvalue weighted by Crippen LogP contribution is 2.35. The van der Waals surface area contributed by atoms with Crippen molar-refractivity contribution in [3.8, 4) is 23.3 Å². The number of nitrogens with two attached hydrogens (primary N) is 1. The molecular weight excluding hydrogens is 472 g/mol. The van der Waals surface area contributed by atoms with E-state index in [0.29, 0.717) is 30.7 Å². The third-order valence-electron chi connectivity index (χ3n) is 6.16. The molecule has 0 bridgehead atoms. The van der Waals surface area contributed by atoms with Crippen molar-refractivity contribution in [1.29, 1.82) is 0 Å². The Morgan fingerprint density at radius 3 is 2.53 bits per heavy atom. The van der Waals surface area contributed by atoms with Crippen LogP contribution in [0.5, 0.6) is 11.5 Å². The van der Waals surface area contributed by atoms with Crippen LogP contribution < -0.4 is 15.2 Å². The number of nitrogen functional groups attached to an aromatic ring is 1. The van der Waals surface area contributed by atoms with Gasteiger partial charge in [-0.05, 0) is 18.6 Å². The van der Waals surface area contributed by atoms with Crippen LogP contribution in [0.4, 0.5) is 14.6 Å². The fourth-order valence-corrected chi connectivity index (χ4v) is 4.47. The maximum absolute atomic E-state index is 14.8. The fraction of sp³-hybridized carbons (Fsp3) is 0.320. The summed E-state index contributed by atoms with van der Waals surface area (Å²) in [4.78, 5) is 18.2. The number of carbonyl (C=O) groups is 1. The van der Waals surface area contributed by atoms with Crippen LogP contribution in [0.15, 0.2) is 31.1 Å². The second-order valence-corrected chi connectivity index (χ2v) is 8.16. The fourth-order valence-electron chi connectivity index (χ4n) is 4.47. The molecule has 11 heteroatoms. The molecule has 2 N–H and O–H groups in total. The second-order valence-electron chi connectivity index (χ2n) is 8.16. The van der Waals surface area contributed by atoms with E-state index in [1.165, 1.54) is 26.6 Å². The molecule has 0 radical (unpaired) electrons. The molecule has 1 aromatic carbocycles. The number of rotatable bonds is 6. The first-order valence-corrected chi connectivity index (χ1v) is 11.0. The standard InChI is InChI=1S/C25H25F2N5O4/c1-5-21(33)31-11-15(8-16(31)12-34-2)18-9-14(24-25(28)29-13-30-32(18)24)6-7-17-22(26)19(35-3)10-20(36-4)23(17)27/h5,9-10,13,15-16H,1,8,11-12H2,2-4H3,(H2,28,29,30)/t15-,16+/m0/s1. The van der Waals surface area contributed by atoms with Crippen molar-refractivity contribution in [3.63, 3.8) is 0 Å². The van der Waals surface area contributed by atoms with Crippen LogP contribution in [0, 0.1) is 23.5 Å². The summed E-state index contributed by atoms with van der Waals surface area (Å²) in [6.07, 6.45) is 3.18.